The molecule has 0 saturated heterocycles. The number of pyridine rings is 1. The van der Waals surface area contributed by atoms with E-state index in [4.69, 9.17) is 23.2 Å². The molecule has 9 heteroatoms. The highest BCUT2D eigenvalue weighted by Gasteiger charge is 2.23. The van der Waals surface area contributed by atoms with Crippen molar-refractivity contribution < 1.29 is 13.2 Å². The Morgan fingerprint density at radius 1 is 0.886 bits per heavy atom. The zero-order valence-electron chi connectivity index (χ0n) is 18.7. The number of benzene rings is 3. The maximum Gasteiger partial charge on any atom is 0.256 e. The SMILES string of the molecule is CSc1ccc(C(=O)Nc2ccc(Cl)c(-c3ccccn3)c2)c(-c2cccc(Cl)c2S(C)(=O)=O)c1. The van der Waals surface area contributed by atoms with E-state index in [2.05, 4.69) is 10.3 Å². The highest BCUT2D eigenvalue weighted by molar-refractivity contribution is 7.98. The van der Waals surface area contributed by atoms with Crippen LogP contribution in [0.3, 0.4) is 0 Å². The van der Waals surface area contributed by atoms with Gasteiger partial charge in [-0.3, -0.25) is 9.78 Å². The average Bonchev–Trinajstić information content (AvgIpc) is 2.84. The summed E-state index contributed by atoms with van der Waals surface area (Å²) in [5, 5.41) is 3.51. The number of anilines is 1. The number of nitrogens with zero attached hydrogens (tertiary/aromatic N) is 1. The number of thioether (sulfide) groups is 1. The highest BCUT2D eigenvalue weighted by Crippen LogP contribution is 2.37. The van der Waals surface area contributed by atoms with Gasteiger partial charge in [0.25, 0.3) is 5.91 Å². The summed E-state index contributed by atoms with van der Waals surface area (Å²) in [6.07, 6.45) is 4.67. The van der Waals surface area contributed by atoms with Gasteiger partial charge in [0.05, 0.1) is 20.6 Å². The Hall–Kier alpha value is -2.84. The second-order valence-electron chi connectivity index (χ2n) is 7.66. The van der Waals surface area contributed by atoms with E-state index >= 15 is 0 Å². The lowest BCUT2D eigenvalue weighted by Gasteiger charge is -2.16. The summed E-state index contributed by atoms with van der Waals surface area (Å²) in [4.78, 5) is 18.6. The number of carbonyl (C=O) groups excluding carboxylic acids is 1. The number of hydrogen-bond donors (Lipinski definition) is 1. The largest absolute Gasteiger partial charge is 0.322 e. The number of sulfone groups is 1. The summed E-state index contributed by atoms with van der Waals surface area (Å²) in [6, 6.07) is 20.8. The Kier molecular flexibility index (Phi) is 7.52. The summed E-state index contributed by atoms with van der Waals surface area (Å²) in [6.45, 7) is 0. The lowest BCUT2D eigenvalue weighted by molar-refractivity contribution is 0.102. The molecule has 0 aliphatic heterocycles. The summed E-state index contributed by atoms with van der Waals surface area (Å²) in [5.74, 6) is -0.402. The smallest absolute Gasteiger partial charge is 0.256 e. The van der Waals surface area contributed by atoms with Gasteiger partial charge in [-0.2, -0.15) is 0 Å². The Bertz CT molecular complexity index is 1530. The zero-order chi connectivity index (χ0) is 25.2. The number of amides is 1. The normalized spacial score (nSPS) is 11.3. The first-order valence-corrected chi connectivity index (χ1v) is 14.3. The van der Waals surface area contributed by atoms with Gasteiger partial charge in [0, 0.05) is 39.7 Å². The van der Waals surface area contributed by atoms with E-state index in [9.17, 15) is 13.2 Å². The number of halogens is 2. The van der Waals surface area contributed by atoms with Crippen LogP contribution >= 0.6 is 35.0 Å². The first kappa shape index (κ1) is 25.3. The summed E-state index contributed by atoms with van der Waals surface area (Å²) < 4.78 is 25.1. The molecule has 0 atom stereocenters. The van der Waals surface area contributed by atoms with E-state index < -0.39 is 15.7 Å². The molecular weight excluding hydrogens is 523 g/mol. The number of hydrogen-bond acceptors (Lipinski definition) is 5. The predicted molar refractivity (Wildman–Crippen MR) is 144 cm³/mol. The van der Waals surface area contributed by atoms with Gasteiger partial charge in [0.2, 0.25) is 0 Å². The fourth-order valence-corrected chi connectivity index (χ4v) is 5.94. The quantitative estimate of drug-likeness (QED) is 0.263. The minimum atomic E-state index is -3.67. The van der Waals surface area contributed by atoms with Crippen LogP contribution in [0.25, 0.3) is 22.4 Å². The molecule has 178 valence electrons. The van der Waals surface area contributed by atoms with Crippen molar-refractivity contribution in [2.75, 3.05) is 17.8 Å². The van der Waals surface area contributed by atoms with Gasteiger partial charge in [-0.25, -0.2) is 8.42 Å². The maximum atomic E-state index is 13.4. The van der Waals surface area contributed by atoms with Gasteiger partial charge in [-0.1, -0.05) is 41.4 Å². The molecule has 1 amide bonds. The molecule has 0 spiro atoms. The molecule has 1 N–H and O–H groups in total. The number of nitrogens with one attached hydrogen (secondary N) is 1. The van der Waals surface area contributed by atoms with Gasteiger partial charge in [-0.15, -0.1) is 11.8 Å². The molecule has 4 aromatic rings. The minimum absolute atomic E-state index is 0.0158. The fourth-order valence-electron chi connectivity index (χ4n) is 3.69. The molecule has 0 saturated carbocycles. The Morgan fingerprint density at radius 3 is 2.37 bits per heavy atom. The van der Waals surface area contributed by atoms with Crippen molar-refractivity contribution in [2.24, 2.45) is 0 Å². The molecule has 3 aromatic carbocycles. The molecule has 0 aliphatic rings. The third-order valence-corrected chi connectivity index (χ3v) is 7.93. The monoisotopic (exact) mass is 542 g/mol. The van der Waals surface area contributed by atoms with Crippen molar-refractivity contribution in [3.63, 3.8) is 0 Å². The number of aromatic nitrogens is 1. The predicted octanol–water partition coefficient (Wildman–Crippen LogP) is 7.10. The Balaban J connectivity index is 1.79. The van der Waals surface area contributed by atoms with E-state index in [-0.39, 0.29) is 9.92 Å². The van der Waals surface area contributed by atoms with E-state index in [0.29, 0.717) is 38.7 Å². The van der Waals surface area contributed by atoms with Crippen LogP contribution in [0.15, 0.2) is 88.8 Å². The molecular formula is C26H20Cl2N2O3S2. The van der Waals surface area contributed by atoms with Crippen molar-refractivity contribution in [1.82, 2.24) is 4.98 Å². The van der Waals surface area contributed by atoms with Crippen molar-refractivity contribution in [3.05, 3.63) is 94.6 Å². The van der Waals surface area contributed by atoms with Crippen LogP contribution in [0.5, 0.6) is 0 Å². The molecule has 0 fully saturated rings. The van der Waals surface area contributed by atoms with E-state index in [1.807, 2.05) is 30.5 Å². The summed E-state index contributed by atoms with van der Waals surface area (Å²) in [7, 11) is -3.67. The van der Waals surface area contributed by atoms with Gasteiger partial charge in [0.15, 0.2) is 9.84 Å². The van der Waals surface area contributed by atoms with Gasteiger partial charge in [-0.05, 0) is 66.4 Å². The molecule has 35 heavy (non-hydrogen) atoms. The third kappa shape index (κ3) is 5.54. The van der Waals surface area contributed by atoms with Gasteiger partial charge in [0.1, 0.15) is 0 Å². The van der Waals surface area contributed by atoms with Crippen molar-refractivity contribution in [1.29, 1.82) is 0 Å². The second kappa shape index (κ2) is 10.4. The van der Waals surface area contributed by atoms with E-state index in [0.717, 1.165) is 11.2 Å². The first-order valence-electron chi connectivity index (χ1n) is 10.4. The Labute approximate surface area is 218 Å². The summed E-state index contributed by atoms with van der Waals surface area (Å²) in [5.41, 5.74) is 3.02. The van der Waals surface area contributed by atoms with Crippen molar-refractivity contribution in [2.45, 2.75) is 9.79 Å². The number of carbonyl (C=O) groups is 1. The third-order valence-electron chi connectivity index (χ3n) is 5.26. The first-order chi connectivity index (χ1) is 16.7. The molecule has 0 radical (unpaired) electrons. The standard InChI is InChI=1S/C26H20Cl2N2O3S2/c1-34-17-10-11-19(20(15-17)18-6-5-7-23(28)25(18)35(2,32)33)26(31)30-16-9-12-22(27)21(14-16)24-8-3-4-13-29-24/h3-15H,1-2H3,(H,30,31). The van der Waals surface area contributed by atoms with Crippen LogP contribution in [-0.2, 0) is 9.84 Å². The van der Waals surface area contributed by atoms with Crippen LogP contribution in [0.4, 0.5) is 5.69 Å². The molecule has 1 aromatic heterocycles. The highest BCUT2D eigenvalue weighted by atomic mass is 35.5. The average molecular weight is 543 g/mol. The molecule has 0 bridgehead atoms. The van der Waals surface area contributed by atoms with E-state index in [1.165, 1.54) is 17.8 Å². The number of rotatable bonds is 6. The van der Waals surface area contributed by atoms with Gasteiger partial charge < -0.3 is 5.32 Å². The lowest BCUT2D eigenvalue weighted by Crippen LogP contribution is -2.14. The molecule has 0 unspecified atom stereocenters. The van der Waals surface area contributed by atoms with Crippen LogP contribution in [0.2, 0.25) is 10.0 Å². The molecule has 4 rings (SSSR count). The van der Waals surface area contributed by atoms with Crippen LogP contribution < -0.4 is 5.32 Å². The van der Waals surface area contributed by atoms with Crippen LogP contribution in [-0.4, -0.2) is 31.8 Å². The zero-order valence-corrected chi connectivity index (χ0v) is 21.9. The van der Waals surface area contributed by atoms with Crippen LogP contribution in [0.1, 0.15) is 10.4 Å². The Morgan fingerprint density at radius 2 is 1.69 bits per heavy atom. The fraction of sp³-hybridized carbons (Fsp3) is 0.0769. The second-order valence-corrected chi connectivity index (χ2v) is 11.3. The van der Waals surface area contributed by atoms with Crippen molar-refractivity contribution >= 4 is 56.4 Å². The topological polar surface area (TPSA) is 76.1 Å². The van der Waals surface area contributed by atoms with Gasteiger partial charge >= 0.3 is 0 Å². The molecule has 5 nitrogen and oxygen atoms in total. The van der Waals surface area contributed by atoms with Crippen LogP contribution in [0, 0.1) is 0 Å². The maximum absolute atomic E-state index is 13.4. The summed E-state index contributed by atoms with van der Waals surface area (Å²) >= 11 is 14.1. The molecule has 1 heterocycles. The lowest BCUT2D eigenvalue weighted by atomic mass is 9.98. The van der Waals surface area contributed by atoms with E-state index in [1.54, 1.807) is 48.7 Å². The molecule has 0 aliphatic carbocycles. The van der Waals surface area contributed by atoms with Crippen molar-refractivity contribution in [3.8, 4) is 22.4 Å². The minimum Gasteiger partial charge on any atom is -0.322 e.